The first-order chi connectivity index (χ1) is 15.0. The smallest absolute Gasteiger partial charge is 0.194 e. The normalized spacial score (nSPS) is 26.7. The van der Waals surface area contributed by atoms with Gasteiger partial charge in [0.05, 0.1) is 0 Å². The standard InChI is InChI=1S/C27H34F3P/c1-2-3-17-4-6-18(7-5-17)19-8-10-20(11-9-19)21-12-13-23(26(31)16-21)22-14-24(28)27(30)25(29)15-22/h12-20H,2-11,31H2,1H3. The van der Waals surface area contributed by atoms with Gasteiger partial charge in [0.15, 0.2) is 17.5 Å². The maximum Gasteiger partial charge on any atom is 0.194 e. The molecule has 168 valence electrons. The molecule has 2 aromatic rings. The van der Waals surface area contributed by atoms with Gasteiger partial charge in [0, 0.05) is 0 Å². The van der Waals surface area contributed by atoms with Gasteiger partial charge in [-0.3, -0.25) is 0 Å². The summed E-state index contributed by atoms with van der Waals surface area (Å²) < 4.78 is 40.6. The maximum absolute atomic E-state index is 13.7. The van der Waals surface area contributed by atoms with Crippen molar-refractivity contribution in [2.75, 3.05) is 0 Å². The summed E-state index contributed by atoms with van der Waals surface area (Å²) in [5.74, 6) is -0.365. The van der Waals surface area contributed by atoms with Crippen LogP contribution < -0.4 is 5.30 Å². The summed E-state index contributed by atoms with van der Waals surface area (Å²) in [5, 5.41) is 0.902. The Morgan fingerprint density at radius 1 is 0.806 bits per heavy atom. The van der Waals surface area contributed by atoms with Crippen LogP contribution in [0.1, 0.15) is 82.6 Å². The van der Waals surface area contributed by atoms with Crippen LogP contribution in [0.5, 0.6) is 0 Å². The number of benzene rings is 2. The van der Waals surface area contributed by atoms with Gasteiger partial charge >= 0.3 is 0 Å². The van der Waals surface area contributed by atoms with Crippen molar-refractivity contribution >= 4 is 14.5 Å². The van der Waals surface area contributed by atoms with E-state index < -0.39 is 17.5 Å². The topological polar surface area (TPSA) is 0 Å². The Morgan fingerprint density at radius 3 is 1.94 bits per heavy atom. The second-order valence-electron chi connectivity index (χ2n) is 9.78. The molecule has 2 saturated carbocycles. The third-order valence-corrected chi connectivity index (χ3v) is 8.35. The fourth-order valence-corrected chi connectivity index (χ4v) is 6.54. The van der Waals surface area contributed by atoms with Crippen molar-refractivity contribution in [1.29, 1.82) is 0 Å². The number of rotatable bonds is 5. The van der Waals surface area contributed by atoms with Crippen LogP contribution in [0, 0.1) is 35.2 Å². The van der Waals surface area contributed by atoms with Crippen LogP contribution in [-0.2, 0) is 0 Å². The Balaban J connectivity index is 1.38. The van der Waals surface area contributed by atoms with Gasteiger partial charge < -0.3 is 0 Å². The van der Waals surface area contributed by atoms with Gasteiger partial charge in [-0.2, -0.15) is 0 Å². The van der Waals surface area contributed by atoms with E-state index in [1.54, 1.807) is 0 Å². The summed E-state index contributed by atoms with van der Waals surface area (Å²) in [6.07, 6.45) is 13.5. The van der Waals surface area contributed by atoms with E-state index in [9.17, 15) is 13.2 Å². The molecule has 0 aromatic heterocycles. The van der Waals surface area contributed by atoms with E-state index in [-0.39, 0.29) is 0 Å². The predicted octanol–water partition coefficient (Wildman–Crippen LogP) is 8.15. The minimum atomic E-state index is -1.42. The molecule has 31 heavy (non-hydrogen) atoms. The predicted molar refractivity (Wildman–Crippen MR) is 126 cm³/mol. The highest BCUT2D eigenvalue weighted by atomic mass is 31.0. The lowest BCUT2D eigenvalue weighted by Crippen LogP contribution is -2.25. The van der Waals surface area contributed by atoms with Crippen LogP contribution in [0.2, 0.25) is 0 Å². The summed E-state index contributed by atoms with van der Waals surface area (Å²) in [5.41, 5.74) is 2.40. The van der Waals surface area contributed by atoms with Crippen LogP contribution in [0.25, 0.3) is 11.1 Å². The molecule has 1 atom stereocenters. The highest BCUT2D eigenvalue weighted by Gasteiger charge is 2.31. The maximum atomic E-state index is 13.7. The van der Waals surface area contributed by atoms with Crippen molar-refractivity contribution in [3.8, 4) is 11.1 Å². The molecule has 0 N–H and O–H groups in total. The summed E-state index contributed by atoms with van der Waals surface area (Å²) in [6.45, 7) is 2.30. The van der Waals surface area contributed by atoms with Gasteiger partial charge in [-0.15, -0.1) is 9.24 Å². The molecule has 0 nitrogen and oxygen atoms in total. The lowest BCUT2D eigenvalue weighted by atomic mass is 9.68. The first-order valence-corrected chi connectivity index (χ1v) is 12.6. The van der Waals surface area contributed by atoms with Gasteiger partial charge in [0.2, 0.25) is 0 Å². The SMILES string of the molecule is CCCC1CCC(C2CCC(c3ccc(-c4cc(F)c(F)c(F)c4)c(P)c3)CC2)CC1. The molecule has 0 saturated heterocycles. The highest BCUT2D eigenvalue weighted by Crippen LogP contribution is 2.44. The zero-order chi connectivity index (χ0) is 22.0. The van der Waals surface area contributed by atoms with Crippen molar-refractivity contribution in [2.24, 2.45) is 17.8 Å². The molecule has 2 aliphatic carbocycles. The molecule has 2 aliphatic rings. The van der Waals surface area contributed by atoms with E-state index in [2.05, 4.69) is 28.3 Å². The first kappa shape index (κ1) is 22.8. The molecule has 0 amide bonds. The average molecular weight is 447 g/mol. The largest absolute Gasteiger partial charge is 0.204 e. The molecular formula is C27H34F3P. The van der Waals surface area contributed by atoms with Gasteiger partial charge in [-0.25, -0.2) is 13.2 Å². The molecular weight excluding hydrogens is 412 g/mol. The molecule has 2 aromatic carbocycles. The van der Waals surface area contributed by atoms with E-state index >= 15 is 0 Å². The molecule has 2 fully saturated rings. The molecule has 1 unspecified atom stereocenters. The van der Waals surface area contributed by atoms with Gasteiger partial charge in [0.25, 0.3) is 0 Å². The van der Waals surface area contributed by atoms with E-state index in [1.807, 2.05) is 6.07 Å². The number of hydrogen-bond acceptors (Lipinski definition) is 0. The van der Waals surface area contributed by atoms with Crippen LogP contribution in [0.15, 0.2) is 30.3 Å². The van der Waals surface area contributed by atoms with Crippen LogP contribution in [0.3, 0.4) is 0 Å². The lowest BCUT2D eigenvalue weighted by Gasteiger charge is -2.38. The summed E-state index contributed by atoms with van der Waals surface area (Å²) in [6, 6.07) is 8.27. The van der Waals surface area contributed by atoms with Crippen molar-refractivity contribution in [2.45, 2.75) is 77.0 Å². The minimum Gasteiger partial charge on any atom is -0.204 e. The Hall–Kier alpha value is -1.34. The molecule has 0 aliphatic heterocycles. The quantitative estimate of drug-likeness (QED) is 0.321. The fraction of sp³-hybridized carbons (Fsp3) is 0.556. The third kappa shape index (κ3) is 5.19. The zero-order valence-electron chi connectivity index (χ0n) is 18.5. The van der Waals surface area contributed by atoms with Crippen molar-refractivity contribution in [3.63, 3.8) is 0 Å². The van der Waals surface area contributed by atoms with E-state index in [1.165, 1.54) is 69.8 Å². The number of halogens is 3. The second kappa shape index (κ2) is 10.1. The second-order valence-corrected chi connectivity index (χ2v) is 10.4. The Kier molecular flexibility index (Phi) is 7.42. The number of hydrogen-bond donors (Lipinski definition) is 0. The van der Waals surface area contributed by atoms with E-state index in [0.29, 0.717) is 11.5 Å². The monoisotopic (exact) mass is 446 g/mol. The van der Waals surface area contributed by atoms with Gasteiger partial charge in [-0.1, -0.05) is 50.8 Å². The summed E-state index contributed by atoms with van der Waals surface area (Å²) >= 11 is 0. The Morgan fingerprint density at radius 2 is 1.39 bits per heavy atom. The summed E-state index contributed by atoms with van der Waals surface area (Å²) in [7, 11) is 2.68. The minimum absolute atomic E-state index is 0.371. The molecule has 4 rings (SSSR count). The first-order valence-electron chi connectivity index (χ1n) is 12.0. The lowest BCUT2D eigenvalue weighted by molar-refractivity contribution is 0.156. The van der Waals surface area contributed by atoms with Gasteiger partial charge in [-0.05, 0) is 96.3 Å². The highest BCUT2D eigenvalue weighted by molar-refractivity contribution is 7.28. The molecule has 0 radical (unpaired) electrons. The fourth-order valence-electron chi connectivity index (χ4n) is 6.09. The molecule has 4 heteroatoms. The van der Waals surface area contributed by atoms with Crippen LogP contribution in [-0.4, -0.2) is 0 Å². The van der Waals surface area contributed by atoms with E-state index in [4.69, 9.17) is 0 Å². The Bertz CT molecular complexity index is 870. The zero-order valence-corrected chi connectivity index (χ0v) is 19.6. The van der Waals surface area contributed by atoms with Crippen LogP contribution >= 0.6 is 9.24 Å². The molecule has 0 heterocycles. The van der Waals surface area contributed by atoms with Gasteiger partial charge in [0.1, 0.15) is 0 Å². The molecule has 0 spiro atoms. The molecule has 0 bridgehead atoms. The third-order valence-electron chi connectivity index (χ3n) is 7.87. The van der Waals surface area contributed by atoms with Crippen molar-refractivity contribution in [1.82, 2.24) is 0 Å². The van der Waals surface area contributed by atoms with Crippen molar-refractivity contribution in [3.05, 3.63) is 53.3 Å². The average Bonchev–Trinajstić information content (AvgIpc) is 2.78. The van der Waals surface area contributed by atoms with E-state index in [0.717, 1.165) is 40.8 Å². The summed E-state index contributed by atoms with van der Waals surface area (Å²) in [4.78, 5) is 0. The van der Waals surface area contributed by atoms with Crippen molar-refractivity contribution < 1.29 is 13.2 Å². The van der Waals surface area contributed by atoms with Crippen LogP contribution in [0.4, 0.5) is 13.2 Å². The Labute approximate surface area is 187 Å².